The first-order valence-corrected chi connectivity index (χ1v) is 7.98. The average Bonchev–Trinajstić information content (AvgIpc) is 2.38. The Morgan fingerprint density at radius 1 is 1.00 bits per heavy atom. The van der Waals surface area contributed by atoms with E-state index in [-0.39, 0.29) is 12.1 Å². The van der Waals surface area contributed by atoms with Crippen molar-refractivity contribution in [2.24, 2.45) is 0 Å². The third kappa shape index (κ3) is 3.98. The Balaban J connectivity index is 2.12. The molecule has 2 rings (SSSR count). The third-order valence-corrected chi connectivity index (χ3v) is 4.33. The summed E-state index contributed by atoms with van der Waals surface area (Å²) in [6, 6.07) is 14.2. The van der Waals surface area contributed by atoms with Crippen LogP contribution in [0.1, 0.15) is 37.1 Å². The van der Waals surface area contributed by atoms with Gasteiger partial charge < -0.3 is 5.32 Å². The molecule has 0 bridgehead atoms. The topological polar surface area (TPSA) is 12.0 Å². The fourth-order valence-corrected chi connectivity index (χ4v) is 3.23. The van der Waals surface area contributed by atoms with E-state index in [0.29, 0.717) is 0 Å². The highest BCUT2D eigenvalue weighted by Gasteiger charge is 2.14. The van der Waals surface area contributed by atoms with E-state index in [0.717, 1.165) is 25.6 Å². The summed E-state index contributed by atoms with van der Waals surface area (Å²) in [7, 11) is 0. The van der Waals surface area contributed by atoms with Gasteiger partial charge in [-0.1, -0.05) is 57.3 Å². The van der Waals surface area contributed by atoms with Gasteiger partial charge in [-0.25, -0.2) is 0 Å². The van der Waals surface area contributed by atoms with Gasteiger partial charge in [0.15, 0.2) is 0 Å². The molecule has 0 amide bonds. The van der Waals surface area contributed by atoms with Gasteiger partial charge in [-0.2, -0.15) is 0 Å². The first-order valence-electron chi connectivity index (χ1n) is 6.44. The minimum absolute atomic E-state index is 0.157. The van der Waals surface area contributed by atoms with Crippen molar-refractivity contribution < 1.29 is 0 Å². The Labute approximate surface area is 138 Å². The summed E-state index contributed by atoms with van der Waals surface area (Å²) < 4.78 is 0.987. The molecule has 0 spiro atoms. The van der Waals surface area contributed by atoms with Crippen molar-refractivity contribution in [1.82, 2.24) is 5.32 Å². The number of hydrogen-bond acceptors (Lipinski definition) is 1. The second kappa shape index (κ2) is 6.95. The van der Waals surface area contributed by atoms with Gasteiger partial charge in [-0.3, -0.25) is 0 Å². The highest BCUT2D eigenvalue weighted by atomic mass is 79.9. The maximum absolute atomic E-state index is 6.29. The number of benzene rings is 2. The quantitative estimate of drug-likeness (QED) is 0.676. The number of rotatable bonds is 4. The van der Waals surface area contributed by atoms with Gasteiger partial charge in [-0.15, -0.1) is 0 Å². The van der Waals surface area contributed by atoms with Crippen molar-refractivity contribution in [1.29, 1.82) is 0 Å². The lowest BCUT2D eigenvalue weighted by Gasteiger charge is -2.22. The van der Waals surface area contributed by atoms with Crippen molar-refractivity contribution in [2.45, 2.75) is 25.9 Å². The average molecular weight is 373 g/mol. The molecule has 0 saturated carbocycles. The minimum atomic E-state index is 0.157. The summed E-state index contributed by atoms with van der Waals surface area (Å²) >= 11 is 15.7. The zero-order valence-corrected chi connectivity index (χ0v) is 14.4. The van der Waals surface area contributed by atoms with Crippen molar-refractivity contribution >= 4 is 39.1 Å². The molecule has 0 saturated heterocycles. The Hall–Kier alpha value is -0.540. The highest BCUT2D eigenvalue weighted by Crippen LogP contribution is 2.28. The molecule has 4 heteroatoms. The monoisotopic (exact) mass is 371 g/mol. The van der Waals surface area contributed by atoms with Crippen LogP contribution in [0.15, 0.2) is 46.9 Å². The SMILES string of the molecule is CC(N[C@H](C)c1cccc(Cl)c1)c1ccc(Br)cc1Cl. The predicted molar refractivity (Wildman–Crippen MR) is 90.6 cm³/mol. The van der Waals surface area contributed by atoms with E-state index in [1.54, 1.807) is 0 Å². The van der Waals surface area contributed by atoms with Gasteiger partial charge in [0.1, 0.15) is 0 Å². The third-order valence-electron chi connectivity index (χ3n) is 3.28. The summed E-state index contributed by atoms with van der Waals surface area (Å²) in [5, 5.41) is 5.06. The Bertz CT molecular complexity index is 601. The largest absolute Gasteiger partial charge is 0.304 e. The van der Waals surface area contributed by atoms with Crippen molar-refractivity contribution in [3.05, 3.63) is 68.1 Å². The fourth-order valence-electron chi connectivity index (χ4n) is 2.19. The molecule has 0 fully saturated rings. The van der Waals surface area contributed by atoms with Crippen molar-refractivity contribution in [2.75, 3.05) is 0 Å². The van der Waals surface area contributed by atoms with Gasteiger partial charge >= 0.3 is 0 Å². The molecule has 106 valence electrons. The van der Waals surface area contributed by atoms with Crippen LogP contribution in [-0.2, 0) is 0 Å². The number of hydrogen-bond donors (Lipinski definition) is 1. The van der Waals surface area contributed by atoms with Crippen molar-refractivity contribution in [3.63, 3.8) is 0 Å². The normalized spacial score (nSPS) is 14.1. The van der Waals surface area contributed by atoms with Crippen LogP contribution in [0.5, 0.6) is 0 Å². The lowest BCUT2D eigenvalue weighted by molar-refractivity contribution is 0.495. The first kappa shape index (κ1) is 15.8. The number of halogens is 3. The van der Waals surface area contributed by atoms with Crippen LogP contribution in [0.4, 0.5) is 0 Å². The molecule has 1 unspecified atom stereocenters. The maximum Gasteiger partial charge on any atom is 0.0464 e. The van der Waals surface area contributed by atoms with Crippen molar-refractivity contribution in [3.8, 4) is 0 Å². The van der Waals surface area contributed by atoms with E-state index < -0.39 is 0 Å². The van der Waals surface area contributed by atoms with E-state index in [4.69, 9.17) is 23.2 Å². The van der Waals surface area contributed by atoms with Gasteiger partial charge in [-0.05, 0) is 49.2 Å². The van der Waals surface area contributed by atoms with Gasteiger partial charge in [0, 0.05) is 26.6 Å². The summed E-state index contributed by atoms with van der Waals surface area (Å²) in [4.78, 5) is 0. The maximum atomic E-state index is 6.29. The lowest BCUT2D eigenvalue weighted by atomic mass is 10.0. The van der Waals surface area contributed by atoms with Crippen LogP contribution < -0.4 is 5.32 Å². The van der Waals surface area contributed by atoms with Crippen LogP contribution in [0, 0.1) is 0 Å². The van der Waals surface area contributed by atoms with Gasteiger partial charge in [0.2, 0.25) is 0 Å². The lowest BCUT2D eigenvalue weighted by Crippen LogP contribution is -2.22. The summed E-state index contributed by atoms with van der Waals surface area (Å²) in [5.41, 5.74) is 2.25. The summed E-state index contributed by atoms with van der Waals surface area (Å²) in [6.07, 6.45) is 0. The van der Waals surface area contributed by atoms with Crippen LogP contribution in [-0.4, -0.2) is 0 Å². The highest BCUT2D eigenvalue weighted by molar-refractivity contribution is 9.10. The predicted octanol–water partition coefficient (Wildman–Crippen LogP) is 6.17. The summed E-state index contributed by atoms with van der Waals surface area (Å²) in [5.74, 6) is 0. The van der Waals surface area contributed by atoms with E-state index in [2.05, 4.69) is 41.2 Å². The smallest absolute Gasteiger partial charge is 0.0464 e. The molecule has 2 atom stereocenters. The van der Waals surface area contributed by atoms with Crippen LogP contribution in [0.3, 0.4) is 0 Å². The Morgan fingerprint density at radius 2 is 1.75 bits per heavy atom. The second-order valence-electron chi connectivity index (χ2n) is 4.83. The molecular formula is C16H16BrCl2N. The number of nitrogens with one attached hydrogen (secondary N) is 1. The molecule has 1 N–H and O–H groups in total. The van der Waals surface area contributed by atoms with E-state index in [9.17, 15) is 0 Å². The summed E-state index contributed by atoms with van der Waals surface area (Å²) in [6.45, 7) is 4.23. The molecule has 20 heavy (non-hydrogen) atoms. The van der Waals surface area contributed by atoms with Crippen LogP contribution in [0.2, 0.25) is 10.0 Å². The zero-order chi connectivity index (χ0) is 14.7. The fraction of sp³-hybridized carbons (Fsp3) is 0.250. The molecule has 0 heterocycles. The van der Waals surface area contributed by atoms with Gasteiger partial charge in [0.05, 0.1) is 0 Å². The molecule has 0 aliphatic rings. The second-order valence-corrected chi connectivity index (χ2v) is 6.59. The first-order chi connectivity index (χ1) is 9.47. The molecule has 1 nitrogen and oxygen atoms in total. The molecule has 2 aromatic rings. The standard InChI is InChI=1S/C16H16BrCl2N/c1-10(12-4-3-5-14(18)8-12)20-11(2)15-7-6-13(17)9-16(15)19/h3-11,20H,1-2H3/t10-,11?/m1/s1. The Morgan fingerprint density at radius 3 is 2.40 bits per heavy atom. The molecule has 0 aromatic heterocycles. The Kier molecular flexibility index (Phi) is 5.50. The van der Waals surface area contributed by atoms with Crippen LogP contribution >= 0.6 is 39.1 Å². The molecule has 2 aromatic carbocycles. The molecule has 0 radical (unpaired) electrons. The molecular weight excluding hydrogens is 357 g/mol. The van der Waals surface area contributed by atoms with E-state index >= 15 is 0 Å². The minimum Gasteiger partial charge on any atom is -0.304 e. The zero-order valence-electron chi connectivity index (χ0n) is 11.3. The van der Waals surface area contributed by atoms with Crippen LogP contribution in [0.25, 0.3) is 0 Å². The molecule has 0 aliphatic carbocycles. The molecule has 0 aliphatic heterocycles. The van der Waals surface area contributed by atoms with E-state index in [1.165, 1.54) is 0 Å². The van der Waals surface area contributed by atoms with Gasteiger partial charge in [0.25, 0.3) is 0 Å². The van der Waals surface area contributed by atoms with E-state index in [1.807, 2.05) is 36.4 Å².